The Hall–Kier alpha value is -1.58. The van der Waals surface area contributed by atoms with E-state index in [0.717, 1.165) is 6.42 Å². The van der Waals surface area contributed by atoms with Crippen LogP contribution >= 0.6 is 0 Å². The third-order valence-electron chi connectivity index (χ3n) is 2.57. The van der Waals surface area contributed by atoms with Crippen LogP contribution in [0.2, 0.25) is 0 Å². The molecule has 0 aromatic carbocycles. The van der Waals surface area contributed by atoms with Gasteiger partial charge < -0.3 is 4.42 Å². The van der Waals surface area contributed by atoms with Crippen LogP contribution in [0.1, 0.15) is 20.3 Å². The van der Waals surface area contributed by atoms with E-state index in [-0.39, 0.29) is 5.56 Å². The van der Waals surface area contributed by atoms with Crippen LogP contribution in [0.25, 0.3) is 12.2 Å². The van der Waals surface area contributed by atoms with Gasteiger partial charge in [-0.2, -0.15) is 0 Å². The second-order valence-corrected chi connectivity index (χ2v) is 3.52. The zero-order valence-electron chi connectivity index (χ0n) is 8.74. The molecule has 2 aliphatic rings. The van der Waals surface area contributed by atoms with Gasteiger partial charge in [-0.15, -0.1) is 0 Å². The van der Waals surface area contributed by atoms with Crippen LogP contribution < -0.4 is 21.9 Å². The third-order valence-corrected chi connectivity index (χ3v) is 2.57. The predicted octanol–water partition coefficient (Wildman–Crippen LogP) is -0.435. The van der Waals surface area contributed by atoms with E-state index >= 15 is 0 Å². The average molecular weight is 207 g/mol. The number of nitrogens with one attached hydrogen (secondary N) is 1. The Morgan fingerprint density at radius 2 is 1.93 bits per heavy atom. The van der Waals surface area contributed by atoms with E-state index in [4.69, 9.17) is 4.42 Å². The Balaban J connectivity index is 0.000000404. The van der Waals surface area contributed by atoms with Crippen molar-refractivity contribution in [3.05, 3.63) is 31.5 Å². The van der Waals surface area contributed by atoms with E-state index in [1.807, 2.05) is 26.0 Å². The van der Waals surface area contributed by atoms with E-state index in [1.54, 1.807) is 0 Å². The molecule has 1 aromatic heterocycles. The summed E-state index contributed by atoms with van der Waals surface area (Å²) < 4.78 is 4.88. The van der Waals surface area contributed by atoms with Crippen molar-refractivity contribution in [1.29, 1.82) is 0 Å². The van der Waals surface area contributed by atoms with Crippen LogP contribution in [0.4, 0.5) is 0 Å². The fraction of sp³-hybridized carbons (Fsp3) is 0.455. The number of hydrogen-bond acceptors (Lipinski definition) is 3. The van der Waals surface area contributed by atoms with Gasteiger partial charge in [-0.05, 0) is 24.3 Å². The monoisotopic (exact) mass is 207 g/mol. The first-order valence-corrected chi connectivity index (χ1v) is 5.21. The average Bonchev–Trinajstić information content (AvgIpc) is 2.96. The fourth-order valence-corrected chi connectivity index (χ4v) is 1.76. The van der Waals surface area contributed by atoms with Gasteiger partial charge in [0.05, 0.1) is 5.22 Å². The molecule has 1 saturated carbocycles. The standard InChI is InChI=1S/C9H7NO3.C2H6/c11-8-6-2-4-1-5(4)3-7(6)13-9(12)10-8;1-2/h2-5H,1H2,(H,10,11,12);1-2H3. The molecule has 15 heavy (non-hydrogen) atoms. The van der Waals surface area contributed by atoms with E-state index < -0.39 is 5.76 Å². The summed E-state index contributed by atoms with van der Waals surface area (Å²) in [5.74, 6) is 0.297. The minimum Gasteiger partial charge on any atom is -0.410 e. The topological polar surface area (TPSA) is 63.1 Å². The normalized spacial score (nSPS) is 24.7. The van der Waals surface area contributed by atoms with Crippen molar-refractivity contribution in [2.45, 2.75) is 20.3 Å². The van der Waals surface area contributed by atoms with Crippen molar-refractivity contribution < 1.29 is 4.42 Å². The smallest absolute Gasteiger partial charge is 0.410 e. The zero-order chi connectivity index (χ0) is 11.0. The maximum absolute atomic E-state index is 11.3. The van der Waals surface area contributed by atoms with Crippen molar-refractivity contribution >= 4 is 12.2 Å². The van der Waals surface area contributed by atoms with Crippen molar-refractivity contribution in [3.8, 4) is 0 Å². The number of aromatic nitrogens is 1. The molecule has 0 spiro atoms. The van der Waals surface area contributed by atoms with Gasteiger partial charge in [-0.25, -0.2) is 4.79 Å². The van der Waals surface area contributed by atoms with E-state index in [9.17, 15) is 9.59 Å². The lowest BCUT2D eigenvalue weighted by Crippen LogP contribution is -2.46. The molecule has 0 radical (unpaired) electrons. The zero-order valence-corrected chi connectivity index (χ0v) is 8.74. The molecule has 4 heteroatoms. The predicted molar refractivity (Wildman–Crippen MR) is 56.7 cm³/mol. The Kier molecular flexibility index (Phi) is 2.34. The molecule has 0 bridgehead atoms. The lowest BCUT2D eigenvalue weighted by molar-refractivity contribution is 0.440. The van der Waals surface area contributed by atoms with Gasteiger partial charge in [0.15, 0.2) is 0 Å². The molecule has 2 unspecified atom stereocenters. The molecule has 1 N–H and O–H groups in total. The van der Waals surface area contributed by atoms with Crippen LogP contribution in [-0.2, 0) is 0 Å². The summed E-state index contributed by atoms with van der Waals surface area (Å²) in [5.41, 5.74) is 0.0975. The van der Waals surface area contributed by atoms with Gasteiger partial charge in [-0.3, -0.25) is 9.78 Å². The summed E-state index contributed by atoms with van der Waals surface area (Å²) in [6.07, 6.45) is 4.83. The molecule has 4 nitrogen and oxygen atoms in total. The van der Waals surface area contributed by atoms with Crippen molar-refractivity contribution in [2.24, 2.45) is 11.8 Å². The second-order valence-electron chi connectivity index (χ2n) is 3.52. The van der Waals surface area contributed by atoms with Gasteiger partial charge in [-0.1, -0.05) is 19.9 Å². The summed E-state index contributed by atoms with van der Waals surface area (Å²) in [6.45, 7) is 4.00. The fourth-order valence-electron chi connectivity index (χ4n) is 1.76. The maximum atomic E-state index is 11.3. The molecule has 1 aromatic rings. The molecular formula is C11H13NO3. The van der Waals surface area contributed by atoms with Crippen molar-refractivity contribution in [1.82, 2.24) is 4.98 Å². The number of aromatic amines is 1. The van der Waals surface area contributed by atoms with E-state index in [1.165, 1.54) is 0 Å². The first-order chi connectivity index (χ1) is 7.24. The number of H-pyrrole nitrogens is 1. The van der Waals surface area contributed by atoms with Crippen LogP contribution in [0, 0.1) is 11.8 Å². The highest BCUT2D eigenvalue weighted by molar-refractivity contribution is 5.46. The number of rotatable bonds is 0. The molecule has 2 atom stereocenters. The molecule has 1 fully saturated rings. The lowest BCUT2D eigenvalue weighted by Gasteiger charge is -1.94. The molecule has 0 aliphatic heterocycles. The Morgan fingerprint density at radius 1 is 1.27 bits per heavy atom. The highest BCUT2D eigenvalue weighted by Crippen LogP contribution is 2.41. The van der Waals surface area contributed by atoms with Crippen LogP contribution in [-0.4, -0.2) is 4.98 Å². The largest absolute Gasteiger partial charge is 0.419 e. The van der Waals surface area contributed by atoms with Crippen LogP contribution in [0.15, 0.2) is 14.0 Å². The summed E-state index contributed by atoms with van der Waals surface area (Å²) in [4.78, 5) is 24.2. The quantitative estimate of drug-likeness (QED) is 0.627. The molecule has 3 rings (SSSR count). The first-order valence-electron chi connectivity index (χ1n) is 5.21. The van der Waals surface area contributed by atoms with E-state index in [0.29, 0.717) is 22.5 Å². The van der Waals surface area contributed by atoms with Gasteiger partial charge in [0.25, 0.3) is 5.56 Å². The van der Waals surface area contributed by atoms with Gasteiger partial charge in [0.1, 0.15) is 5.42 Å². The molecule has 0 amide bonds. The SMILES string of the molecule is CC.O=c1[nH]c(=O)c2c(o1)=CC1CC1C=2. The first kappa shape index (κ1) is 9.96. The van der Waals surface area contributed by atoms with Crippen LogP contribution in [0.5, 0.6) is 0 Å². The minimum absolute atomic E-state index is 0.340. The lowest BCUT2D eigenvalue weighted by atomic mass is 10.2. The van der Waals surface area contributed by atoms with Gasteiger partial charge >= 0.3 is 5.76 Å². The van der Waals surface area contributed by atoms with Crippen LogP contribution in [0.3, 0.4) is 0 Å². The summed E-state index contributed by atoms with van der Waals surface area (Å²) in [7, 11) is 0. The minimum atomic E-state index is -0.674. The molecule has 1 heterocycles. The maximum Gasteiger partial charge on any atom is 0.419 e. The van der Waals surface area contributed by atoms with Crippen molar-refractivity contribution in [3.63, 3.8) is 0 Å². The van der Waals surface area contributed by atoms with Gasteiger partial charge in [0, 0.05) is 0 Å². The highest BCUT2D eigenvalue weighted by atomic mass is 16.4. The molecule has 2 aliphatic carbocycles. The highest BCUT2D eigenvalue weighted by Gasteiger charge is 2.35. The molecular weight excluding hydrogens is 194 g/mol. The Labute approximate surface area is 85.9 Å². The third kappa shape index (κ3) is 1.67. The molecule has 0 saturated heterocycles. The summed E-state index contributed by atoms with van der Waals surface area (Å²) in [5, 5.41) is 0.512. The van der Waals surface area contributed by atoms with Gasteiger partial charge in [0.2, 0.25) is 0 Å². The summed E-state index contributed by atoms with van der Waals surface area (Å²) in [6, 6.07) is 0. The Bertz CT molecular complexity index is 593. The second kappa shape index (κ2) is 3.53. The number of hydrogen-bond donors (Lipinski definition) is 1. The number of fused-ring (bicyclic) bond motifs is 2. The molecule has 80 valence electrons. The Morgan fingerprint density at radius 3 is 2.67 bits per heavy atom. The van der Waals surface area contributed by atoms with Crippen molar-refractivity contribution in [2.75, 3.05) is 0 Å². The van der Waals surface area contributed by atoms with E-state index in [2.05, 4.69) is 4.98 Å². The summed E-state index contributed by atoms with van der Waals surface area (Å²) >= 11 is 0.